The normalized spacial score (nSPS) is 13.7. The molecule has 0 aliphatic heterocycles. The van der Waals surface area contributed by atoms with E-state index in [2.05, 4.69) is 17.2 Å². The molecule has 0 aliphatic rings. The number of aromatic nitrogens is 1. The smallest absolute Gasteiger partial charge is 0.326 e. The molecule has 2 rings (SSSR count). The van der Waals surface area contributed by atoms with Gasteiger partial charge in [0.05, 0.1) is 0 Å². The van der Waals surface area contributed by atoms with Crippen molar-refractivity contribution in [3.05, 3.63) is 36.0 Å². The van der Waals surface area contributed by atoms with E-state index in [1.54, 1.807) is 0 Å². The molecule has 5 nitrogen and oxygen atoms in total. The van der Waals surface area contributed by atoms with Crippen molar-refractivity contribution in [2.45, 2.75) is 45.6 Å². The van der Waals surface area contributed by atoms with E-state index in [-0.39, 0.29) is 18.2 Å². The molecule has 0 saturated carbocycles. The van der Waals surface area contributed by atoms with Crippen molar-refractivity contribution in [3.63, 3.8) is 0 Å². The predicted octanol–water partition coefficient (Wildman–Crippen LogP) is 3.11. The number of carboxylic acid groups (broad SMARTS) is 1. The van der Waals surface area contributed by atoms with Gasteiger partial charge in [-0.25, -0.2) is 4.79 Å². The SMILES string of the molecule is CCCCC(C)C(=O)NC(Cc1c[nH]c2ccccc12)C(=O)O. The number of rotatable bonds is 8. The molecular weight excluding hydrogens is 292 g/mol. The molecule has 1 heterocycles. The van der Waals surface area contributed by atoms with Gasteiger partial charge >= 0.3 is 5.97 Å². The Morgan fingerprint density at radius 3 is 2.74 bits per heavy atom. The number of carboxylic acids is 1. The third-order valence-electron chi connectivity index (χ3n) is 4.15. The molecule has 3 N–H and O–H groups in total. The minimum absolute atomic E-state index is 0.167. The van der Waals surface area contributed by atoms with E-state index in [0.29, 0.717) is 0 Å². The number of hydrogen-bond acceptors (Lipinski definition) is 2. The van der Waals surface area contributed by atoms with E-state index in [4.69, 9.17) is 0 Å². The number of amides is 1. The van der Waals surface area contributed by atoms with E-state index in [0.717, 1.165) is 35.7 Å². The number of hydrogen-bond donors (Lipinski definition) is 3. The number of unbranched alkanes of at least 4 members (excludes halogenated alkanes) is 1. The van der Waals surface area contributed by atoms with Gasteiger partial charge in [-0.3, -0.25) is 4.79 Å². The molecule has 23 heavy (non-hydrogen) atoms. The predicted molar refractivity (Wildman–Crippen MR) is 90.3 cm³/mol. The van der Waals surface area contributed by atoms with Gasteiger partial charge in [0.25, 0.3) is 0 Å². The zero-order valence-corrected chi connectivity index (χ0v) is 13.6. The molecule has 1 amide bonds. The Kier molecular flexibility index (Phi) is 5.79. The molecule has 0 bridgehead atoms. The fraction of sp³-hybridized carbons (Fsp3) is 0.444. The van der Waals surface area contributed by atoms with E-state index in [1.807, 2.05) is 37.4 Å². The highest BCUT2D eigenvalue weighted by atomic mass is 16.4. The van der Waals surface area contributed by atoms with Crippen LogP contribution in [0.1, 0.15) is 38.7 Å². The molecule has 0 spiro atoms. The van der Waals surface area contributed by atoms with Crippen molar-refractivity contribution in [2.24, 2.45) is 5.92 Å². The first-order chi connectivity index (χ1) is 11.0. The first-order valence-corrected chi connectivity index (χ1v) is 8.11. The Morgan fingerprint density at radius 1 is 1.30 bits per heavy atom. The Bertz CT molecular complexity index is 678. The summed E-state index contributed by atoms with van der Waals surface area (Å²) in [5, 5.41) is 13.1. The van der Waals surface area contributed by atoms with Crippen molar-refractivity contribution in [2.75, 3.05) is 0 Å². The Morgan fingerprint density at radius 2 is 2.04 bits per heavy atom. The minimum Gasteiger partial charge on any atom is -0.480 e. The van der Waals surface area contributed by atoms with Crippen LogP contribution in [-0.4, -0.2) is 28.0 Å². The van der Waals surface area contributed by atoms with Gasteiger partial charge in [0.2, 0.25) is 5.91 Å². The fourth-order valence-corrected chi connectivity index (χ4v) is 2.68. The van der Waals surface area contributed by atoms with Gasteiger partial charge in [-0.1, -0.05) is 44.9 Å². The lowest BCUT2D eigenvalue weighted by Crippen LogP contribution is -2.44. The summed E-state index contributed by atoms with van der Waals surface area (Å²) < 4.78 is 0. The maximum Gasteiger partial charge on any atom is 0.326 e. The summed E-state index contributed by atoms with van der Waals surface area (Å²) in [4.78, 5) is 26.8. The summed E-state index contributed by atoms with van der Waals surface area (Å²) in [6, 6.07) is 6.83. The van der Waals surface area contributed by atoms with Crippen LogP contribution in [0.5, 0.6) is 0 Å². The molecular formula is C18H24N2O3. The number of nitrogens with one attached hydrogen (secondary N) is 2. The zero-order valence-electron chi connectivity index (χ0n) is 13.6. The van der Waals surface area contributed by atoms with Crippen molar-refractivity contribution in [3.8, 4) is 0 Å². The van der Waals surface area contributed by atoms with Crippen molar-refractivity contribution in [1.29, 1.82) is 0 Å². The molecule has 0 fully saturated rings. The van der Waals surface area contributed by atoms with Gasteiger partial charge in [0.15, 0.2) is 0 Å². The third-order valence-corrected chi connectivity index (χ3v) is 4.15. The zero-order chi connectivity index (χ0) is 16.8. The number of fused-ring (bicyclic) bond motifs is 1. The van der Waals surface area contributed by atoms with Crippen LogP contribution >= 0.6 is 0 Å². The number of aliphatic carboxylic acids is 1. The Balaban J connectivity index is 2.07. The first kappa shape index (κ1) is 17.1. The second-order valence-corrected chi connectivity index (χ2v) is 6.01. The van der Waals surface area contributed by atoms with Crippen LogP contribution in [0, 0.1) is 5.92 Å². The van der Waals surface area contributed by atoms with Crippen LogP contribution in [0.3, 0.4) is 0 Å². The summed E-state index contributed by atoms with van der Waals surface area (Å²) in [7, 11) is 0. The van der Waals surface area contributed by atoms with Crippen molar-refractivity contribution in [1.82, 2.24) is 10.3 Å². The van der Waals surface area contributed by atoms with Crippen molar-refractivity contribution >= 4 is 22.8 Å². The van der Waals surface area contributed by atoms with Crippen LogP contribution in [-0.2, 0) is 16.0 Å². The van der Waals surface area contributed by atoms with Gasteiger partial charge in [-0.05, 0) is 18.1 Å². The number of para-hydroxylation sites is 1. The van der Waals surface area contributed by atoms with E-state index >= 15 is 0 Å². The molecule has 2 aromatic rings. The van der Waals surface area contributed by atoms with Gasteiger partial charge < -0.3 is 15.4 Å². The fourth-order valence-electron chi connectivity index (χ4n) is 2.68. The summed E-state index contributed by atoms with van der Waals surface area (Å²) in [6.07, 6.45) is 4.85. The second kappa shape index (κ2) is 7.81. The third kappa shape index (κ3) is 4.34. The van der Waals surface area contributed by atoms with Gasteiger partial charge in [0.1, 0.15) is 6.04 Å². The number of H-pyrrole nitrogens is 1. The molecule has 1 aromatic carbocycles. The second-order valence-electron chi connectivity index (χ2n) is 6.01. The summed E-state index contributed by atoms with van der Waals surface area (Å²) >= 11 is 0. The number of carbonyl (C=O) groups is 2. The Labute approximate surface area is 136 Å². The number of carbonyl (C=O) groups excluding carboxylic acids is 1. The van der Waals surface area contributed by atoms with Gasteiger partial charge in [0, 0.05) is 29.4 Å². The molecule has 2 unspecified atom stereocenters. The van der Waals surface area contributed by atoms with Crippen LogP contribution in [0.25, 0.3) is 10.9 Å². The highest BCUT2D eigenvalue weighted by molar-refractivity contribution is 5.87. The highest BCUT2D eigenvalue weighted by Gasteiger charge is 2.24. The standard InChI is InChI=1S/C18H24N2O3/c1-3-4-7-12(2)17(21)20-16(18(22)23)10-13-11-19-15-9-6-5-8-14(13)15/h5-6,8-9,11-12,16,19H,3-4,7,10H2,1-2H3,(H,20,21)(H,22,23). The molecule has 0 aliphatic carbocycles. The lowest BCUT2D eigenvalue weighted by Gasteiger charge is -2.17. The summed E-state index contributed by atoms with van der Waals surface area (Å²) in [6.45, 7) is 3.91. The summed E-state index contributed by atoms with van der Waals surface area (Å²) in [5.41, 5.74) is 1.86. The van der Waals surface area contributed by atoms with Crippen LogP contribution < -0.4 is 5.32 Å². The van der Waals surface area contributed by atoms with Crippen molar-refractivity contribution < 1.29 is 14.7 Å². The molecule has 5 heteroatoms. The lowest BCUT2D eigenvalue weighted by molar-refractivity contribution is -0.142. The van der Waals surface area contributed by atoms with Crippen LogP contribution in [0.4, 0.5) is 0 Å². The number of benzene rings is 1. The maximum absolute atomic E-state index is 12.2. The van der Waals surface area contributed by atoms with E-state index in [9.17, 15) is 14.7 Å². The van der Waals surface area contributed by atoms with E-state index in [1.165, 1.54) is 0 Å². The lowest BCUT2D eigenvalue weighted by atomic mass is 10.0. The first-order valence-electron chi connectivity index (χ1n) is 8.11. The molecule has 0 radical (unpaired) electrons. The van der Waals surface area contributed by atoms with Crippen LogP contribution in [0.15, 0.2) is 30.5 Å². The van der Waals surface area contributed by atoms with Gasteiger partial charge in [-0.15, -0.1) is 0 Å². The molecule has 124 valence electrons. The largest absolute Gasteiger partial charge is 0.480 e. The average Bonchev–Trinajstić information content (AvgIpc) is 2.95. The molecule has 1 aromatic heterocycles. The minimum atomic E-state index is -1.01. The van der Waals surface area contributed by atoms with E-state index < -0.39 is 12.0 Å². The van der Waals surface area contributed by atoms with Crippen LogP contribution in [0.2, 0.25) is 0 Å². The Hall–Kier alpha value is -2.30. The molecule has 2 atom stereocenters. The quantitative estimate of drug-likeness (QED) is 0.700. The number of aromatic amines is 1. The molecule has 0 saturated heterocycles. The maximum atomic E-state index is 12.2. The summed E-state index contributed by atoms with van der Waals surface area (Å²) in [5.74, 6) is -1.36. The highest BCUT2D eigenvalue weighted by Crippen LogP contribution is 2.19. The van der Waals surface area contributed by atoms with Gasteiger partial charge in [-0.2, -0.15) is 0 Å². The monoisotopic (exact) mass is 316 g/mol. The average molecular weight is 316 g/mol. The topological polar surface area (TPSA) is 82.2 Å².